The number of nitrogens with one attached hydrogen (secondary N) is 2. The molecule has 2 N–H and O–H groups in total. The molecule has 11 heteroatoms. The van der Waals surface area contributed by atoms with Crippen LogP contribution in [0.25, 0.3) is 22.4 Å². The van der Waals surface area contributed by atoms with Gasteiger partial charge < -0.3 is 14.5 Å². The number of carbonyl (C=O) groups excluding carboxylic acids is 3. The van der Waals surface area contributed by atoms with Gasteiger partial charge in [0.2, 0.25) is 0 Å². The summed E-state index contributed by atoms with van der Waals surface area (Å²) in [6.07, 6.45) is 0. The Morgan fingerprint density at radius 2 is 1.97 bits per heavy atom. The lowest BCUT2D eigenvalue weighted by Gasteiger charge is -2.33. The van der Waals surface area contributed by atoms with E-state index in [4.69, 9.17) is 14.4 Å². The third-order valence-electron chi connectivity index (χ3n) is 6.49. The highest BCUT2D eigenvalue weighted by molar-refractivity contribution is 6.11. The van der Waals surface area contributed by atoms with Crippen LogP contribution in [0, 0.1) is 17.1 Å². The van der Waals surface area contributed by atoms with Crippen molar-refractivity contribution in [2.45, 2.75) is 12.2 Å². The smallest absolute Gasteiger partial charge is 0.324 e. The average molecular weight is 497 g/mol. The fourth-order valence-corrected chi connectivity index (χ4v) is 4.65. The van der Waals surface area contributed by atoms with Gasteiger partial charge in [-0.2, -0.15) is 5.26 Å². The number of nitrogens with zero attached hydrogens (tertiary/aromatic N) is 3. The molecule has 2 aliphatic rings. The van der Waals surface area contributed by atoms with E-state index in [9.17, 15) is 18.8 Å². The van der Waals surface area contributed by atoms with Gasteiger partial charge in [0, 0.05) is 17.2 Å². The van der Waals surface area contributed by atoms with E-state index in [1.54, 1.807) is 36.4 Å². The van der Waals surface area contributed by atoms with E-state index in [2.05, 4.69) is 15.6 Å². The highest BCUT2D eigenvalue weighted by atomic mass is 19.1. The van der Waals surface area contributed by atoms with Crippen LogP contribution in [0.3, 0.4) is 0 Å². The van der Waals surface area contributed by atoms with Gasteiger partial charge in [0.15, 0.2) is 11.3 Å². The van der Waals surface area contributed by atoms with Crippen molar-refractivity contribution >= 4 is 28.9 Å². The number of ether oxygens (including phenoxy) is 1. The zero-order chi connectivity index (χ0) is 25.9. The molecule has 10 nitrogen and oxygen atoms in total. The number of furan rings is 1. The Kier molecular flexibility index (Phi) is 4.74. The largest absolute Gasteiger partial charge is 0.497 e. The van der Waals surface area contributed by atoms with Crippen LogP contribution in [0.4, 0.5) is 9.18 Å². The summed E-state index contributed by atoms with van der Waals surface area (Å²) in [6.45, 7) is 0.0358. The van der Waals surface area contributed by atoms with Crippen molar-refractivity contribution in [3.05, 3.63) is 82.9 Å². The van der Waals surface area contributed by atoms with Crippen LogP contribution >= 0.6 is 0 Å². The maximum Gasteiger partial charge on any atom is 0.324 e. The number of hydrogen-bond donors (Lipinski definition) is 2. The molecule has 2 aliphatic heterocycles. The van der Waals surface area contributed by atoms with Gasteiger partial charge in [-0.1, -0.05) is 6.07 Å². The van der Waals surface area contributed by atoms with Crippen LogP contribution in [0.1, 0.15) is 27.2 Å². The first kappa shape index (κ1) is 22.2. The van der Waals surface area contributed by atoms with Crippen molar-refractivity contribution in [2.24, 2.45) is 0 Å². The summed E-state index contributed by atoms with van der Waals surface area (Å²) >= 11 is 0. The van der Waals surface area contributed by atoms with E-state index in [-0.39, 0.29) is 17.9 Å². The monoisotopic (exact) mass is 497 g/mol. The van der Waals surface area contributed by atoms with Gasteiger partial charge in [0.1, 0.15) is 23.2 Å². The summed E-state index contributed by atoms with van der Waals surface area (Å²) < 4.78 is 25.0. The van der Waals surface area contributed by atoms with Crippen molar-refractivity contribution in [1.82, 2.24) is 20.5 Å². The van der Waals surface area contributed by atoms with E-state index in [0.717, 1.165) is 0 Å². The number of carbonyl (C=O) groups is 3. The normalized spacial score (nSPS) is 18.5. The zero-order valence-electron chi connectivity index (χ0n) is 19.2. The van der Waals surface area contributed by atoms with Crippen LogP contribution < -0.4 is 15.4 Å². The highest BCUT2D eigenvalue weighted by Gasteiger charge is 2.58. The van der Waals surface area contributed by atoms with E-state index in [1.807, 2.05) is 0 Å². The number of halogens is 1. The first-order chi connectivity index (χ1) is 17.8. The molecule has 4 heterocycles. The Morgan fingerprint density at radius 3 is 2.70 bits per heavy atom. The fraction of sp³-hybridized carbons (Fsp3) is 0.115. The van der Waals surface area contributed by atoms with Crippen LogP contribution in [-0.4, -0.2) is 34.8 Å². The molecule has 0 saturated carbocycles. The third kappa shape index (κ3) is 3.23. The topological polar surface area (TPSA) is 138 Å². The van der Waals surface area contributed by atoms with Crippen molar-refractivity contribution in [3.63, 3.8) is 0 Å². The number of hydrogen-bond acceptors (Lipinski definition) is 7. The average Bonchev–Trinajstić information content (AvgIpc) is 3.57. The summed E-state index contributed by atoms with van der Waals surface area (Å²) in [5.74, 6) is -1.45. The second-order valence-corrected chi connectivity index (χ2v) is 8.53. The number of benzene rings is 2. The maximum atomic E-state index is 13.8. The molecule has 0 radical (unpaired) electrons. The summed E-state index contributed by atoms with van der Waals surface area (Å²) in [5, 5.41) is 13.9. The number of imide groups is 1. The number of aromatic nitrogens is 1. The minimum absolute atomic E-state index is 0.0135. The van der Waals surface area contributed by atoms with Gasteiger partial charge >= 0.3 is 6.03 Å². The van der Waals surface area contributed by atoms with E-state index in [0.29, 0.717) is 39.2 Å². The summed E-state index contributed by atoms with van der Waals surface area (Å²) in [5.41, 5.74) is 0.472. The predicted octanol–water partition coefficient (Wildman–Crippen LogP) is 3.16. The van der Waals surface area contributed by atoms with Gasteiger partial charge in [-0.15, -0.1) is 0 Å². The number of nitriles is 1. The molecular formula is C26H16FN5O5. The predicted molar refractivity (Wildman–Crippen MR) is 125 cm³/mol. The molecule has 0 bridgehead atoms. The number of fused-ring (bicyclic) bond motifs is 2. The van der Waals surface area contributed by atoms with Crippen molar-refractivity contribution in [1.29, 1.82) is 5.26 Å². The SMILES string of the molecule is COc1ccc2c(c1)C(=O)N([C@@]1(c3cc4nc(-c5ccc(F)c(C#N)c5)ccc4o3)NC(=O)NC1=O)C2. The lowest BCUT2D eigenvalue weighted by atomic mass is 10.0. The fourth-order valence-electron chi connectivity index (χ4n) is 4.65. The minimum atomic E-state index is -1.95. The van der Waals surface area contributed by atoms with Gasteiger partial charge in [0.25, 0.3) is 17.5 Å². The van der Waals surface area contributed by atoms with Crippen molar-refractivity contribution in [3.8, 4) is 23.1 Å². The number of rotatable bonds is 4. The second-order valence-electron chi connectivity index (χ2n) is 8.53. The molecule has 182 valence electrons. The molecule has 6 rings (SSSR count). The Bertz CT molecular complexity index is 1710. The lowest BCUT2D eigenvalue weighted by molar-refractivity contribution is -0.131. The van der Waals surface area contributed by atoms with Gasteiger partial charge in [-0.25, -0.2) is 14.2 Å². The molecule has 0 aliphatic carbocycles. The number of urea groups is 1. The molecule has 1 atom stereocenters. The van der Waals surface area contributed by atoms with Crippen molar-refractivity contribution in [2.75, 3.05) is 7.11 Å². The summed E-state index contributed by atoms with van der Waals surface area (Å²) in [7, 11) is 1.48. The van der Waals surface area contributed by atoms with Crippen molar-refractivity contribution < 1.29 is 27.9 Å². The summed E-state index contributed by atoms with van der Waals surface area (Å²) in [6, 6.07) is 14.8. The second kappa shape index (κ2) is 7.89. The first-order valence-electron chi connectivity index (χ1n) is 11.1. The Morgan fingerprint density at radius 1 is 1.14 bits per heavy atom. The molecule has 0 spiro atoms. The quantitative estimate of drug-likeness (QED) is 0.413. The number of methoxy groups -OCH3 is 1. The zero-order valence-corrected chi connectivity index (χ0v) is 19.2. The van der Waals surface area contributed by atoms with Crippen LogP contribution in [0.5, 0.6) is 5.75 Å². The molecule has 2 aromatic carbocycles. The van der Waals surface area contributed by atoms with Crippen LogP contribution in [0.15, 0.2) is 59.0 Å². The third-order valence-corrected chi connectivity index (χ3v) is 6.49. The lowest BCUT2D eigenvalue weighted by Crippen LogP contribution is -2.57. The Hall–Kier alpha value is -5.24. The maximum absolute atomic E-state index is 13.8. The number of amides is 4. The Labute approximate surface area is 208 Å². The molecular weight excluding hydrogens is 481 g/mol. The standard InChI is InChI=1S/C26H16FN5O5/c1-36-16-4-2-14-12-32(23(33)17(14)9-16)26(24(34)30-25(35)31-26)22-10-20-21(37-22)7-6-19(29-20)13-3-5-18(27)15(8-13)11-28/h2-10H,12H2,1H3,(H2,30,31,34,35)/t26-/m1/s1. The molecule has 1 saturated heterocycles. The molecule has 2 aromatic heterocycles. The molecule has 37 heavy (non-hydrogen) atoms. The highest BCUT2D eigenvalue weighted by Crippen LogP contribution is 2.39. The van der Waals surface area contributed by atoms with Gasteiger partial charge in [-0.3, -0.25) is 19.8 Å². The van der Waals surface area contributed by atoms with E-state index in [1.165, 1.54) is 36.3 Å². The number of pyridine rings is 1. The van der Waals surface area contributed by atoms with Gasteiger partial charge in [0.05, 0.1) is 24.9 Å². The minimum Gasteiger partial charge on any atom is -0.497 e. The van der Waals surface area contributed by atoms with Crippen LogP contribution in [-0.2, 0) is 17.0 Å². The Balaban J connectivity index is 1.46. The summed E-state index contributed by atoms with van der Waals surface area (Å²) in [4.78, 5) is 44.7. The molecule has 0 unspecified atom stereocenters. The molecule has 1 fully saturated rings. The first-order valence-corrected chi connectivity index (χ1v) is 11.1. The van der Waals surface area contributed by atoms with Gasteiger partial charge in [-0.05, 0) is 48.0 Å². The molecule has 4 aromatic rings. The molecule has 4 amide bonds. The van der Waals surface area contributed by atoms with E-state index >= 15 is 0 Å². The van der Waals surface area contributed by atoms with Crippen LogP contribution in [0.2, 0.25) is 0 Å². The van der Waals surface area contributed by atoms with E-state index < -0.39 is 29.3 Å².